The van der Waals surface area contributed by atoms with Crippen LogP contribution in [-0.4, -0.2) is 48.3 Å². The van der Waals surface area contributed by atoms with Gasteiger partial charge in [-0.3, -0.25) is 14.7 Å². The smallest absolute Gasteiger partial charge is 0.260 e. The third-order valence-electron chi connectivity index (χ3n) is 5.72. The maximum absolute atomic E-state index is 13.7. The minimum absolute atomic E-state index is 0.135. The number of carbonyl (C=O) groups is 1. The van der Waals surface area contributed by atoms with Gasteiger partial charge in [0.1, 0.15) is 11.3 Å². The Morgan fingerprint density at radius 3 is 2.47 bits per heavy atom. The number of hydrogen-bond donors (Lipinski definition) is 0. The van der Waals surface area contributed by atoms with E-state index in [4.69, 9.17) is 9.72 Å². The fourth-order valence-corrected chi connectivity index (χ4v) is 5.92. The second-order valence-electron chi connectivity index (χ2n) is 8.42. The van der Waals surface area contributed by atoms with Gasteiger partial charge in [-0.15, -0.1) is 0 Å². The second-order valence-corrected chi connectivity index (χ2v) is 11.4. The number of rotatable bonds is 9. The van der Waals surface area contributed by atoms with E-state index in [-0.39, 0.29) is 23.4 Å². The molecule has 0 saturated heterocycles. The summed E-state index contributed by atoms with van der Waals surface area (Å²) in [6, 6.07) is 15.2. The maximum Gasteiger partial charge on any atom is 0.260 e. The molecule has 10 heteroatoms. The van der Waals surface area contributed by atoms with Crippen molar-refractivity contribution in [1.82, 2.24) is 14.3 Å². The van der Waals surface area contributed by atoms with Crippen molar-refractivity contribution in [2.75, 3.05) is 18.6 Å². The highest BCUT2D eigenvalue weighted by Gasteiger charge is 2.26. The van der Waals surface area contributed by atoms with Crippen LogP contribution in [0.15, 0.2) is 71.9 Å². The lowest BCUT2D eigenvalue weighted by molar-refractivity contribution is 0.0985. The third kappa shape index (κ3) is 5.25. The molecule has 0 unspecified atom stereocenters. The molecule has 4 rings (SSSR count). The largest absolute Gasteiger partial charge is 0.492 e. The van der Waals surface area contributed by atoms with Crippen LogP contribution >= 0.6 is 11.3 Å². The van der Waals surface area contributed by atoms with Gasteiger partial charge in [0, 0.05) is 31.0 Å². The molecule has 188 valence electrons. The zero-order valence-electron chi connectivity index (χ0n) is 20.6. The van der Waals surface area contributed by atoms with Crippen LogP contribution in [0.25, 0.3) is 10.2 Å². The number of benzene rings is 2. The lowest BCUT2D eigenvalue weighted by Gasteiger charge is -2.22. The van der Waals surface area contributed by atoms with E-state index in [9.17, 15) is 13.2 Å². The van der Waals surface area contributed by atoms with Crippen molar-refractivity contribution in [3.05, 3.63) is 78.1 Å². The van der Waals surface area contributed by atoms with Crippen LogP contribution in [0.2, 0.25) is 0 Å². The van der Waals surface area contributed by atoms with Gasteiger partial charge in [-0.1, -0.05) is 23.5 Å². The summed E-state index contributed by atoms with van der Waals surface area (Å²) in [5.74, 6) is 0.368. The zero-order chi connectivity index (χ0) is 25.9. The van der Waals surface area contributed by atoms with Gasteiger partial charge in [0.2, 0.25) is 10.0 Å². The molecule has 0 radical (unpaired) electrons. The first-order chi connectivity index (χ1) is 17.2. The molecule has 0 aliphatic rings. The number of thiazole rings is 1. The number of para-hydroxylation sites is 1. The predicted octanol–water partition coefficient (Wildman–Crippen LogP) is 4.97. The highest BCUT2D eigenvalue weighted by molar-refractivity contribution is 7.89. The lowest BCUT2D eigenvalue weighted by Crippen LogP contribution is -2.33. The predicted molar refractivity (Wildman–Crippen MR) is 142 cm³/mol. The Labute approximate surface area is 215 Å². The van der Waals surface area contributed by atoms with E-state index in [1.54, 1.807) is 50.3 Å². The Morgan fingerprint density at radius 2 is 1.83 bits per heavy atom. The first-order valence-electron chi connectivity index (χ1n) is 11.5. The molecule has 0 aliphatic carbocycles. The standard InChI is InChI=1S/C26H28N4O4S2/c1-5-34-22-9-6-10-23-24(22)28-26(35-23)30(17-19-8-7-15-27-16-19)25(31)20-11-13-21(14-12-20)36(32,33)29(4)18(2)3/h6-16,18H,5,17H2,1-4H3. The molecule has 4 aromatic rings. The number of amides is 1. The SMILES string of the molecule is CCOc1cccc2sc(N(Cc3cccnc3)C(=O)c3ccc(S(=O)(=O)N(C)C(C)C)cc3)nc12. The summed E-state index contributed by atoms with van der Waals surface area (Å²) in [7, 11) is -2.11. The van der Waals surface area contributed by atoms with Gasteiger partial charge in [-0.25, -0.2) is 13.4 Å². The molecular formula is C26H28N4O4S2. The van der Waals surface area contributed by atoms with Crippen molar-refractivity contribution >= 4 is 42.6 Å². The third-order valence-corrected chi connectivity index (χ3v) is 8.81. The average Bonchev–Trinajstić information content (AvgIpc) is 3.32. The highest BCUT2D eigenvalue weighted by Crippen LogP contribution is 2.35. The van der Waals surface area contributed by atoms with Crippen molar-refractivity contribution in [1.29, 1.82) is 0 Å². The Kier molecular flexibility index (Phi) is 7.67. The fourth-order valence-electron chi connectivity index (χ4n) is 3.57. The molecule has 0 spiro atoms. The summed E-state index contributed by atoms with van der Waals surface area (Å²) in [5.41, 5.74) is 1.89. The van der Waals surface area contributed by atoms with Crippen LogP contribution in [0.5, 0.6) is 5.75 Å². The molecule has 36 heavy (non-hydrogen) atoms. The van der Waals surface area contributed by atoms with Crippen LogP contribution in [0.4, 0.5) is 5.13 Å². The van der Waals surface area contributed by atoms with E-state index < -0.39 is 10.0 Å². The monoisotopic (exact) mass is 524 g/mol. The Bertz CT molecular complexity index is 1450. The first-order valence-corrected chi connectivity index (χ1v) is 13.8. The summed E-state index contributed by atoms with van der Waals surface area (Å²) in [6.45, 7) is 6.28. The number of hydrogen-bond acceptors (Lipinski definition) is 7. The number of aromatic nitrogens is 2. The number of anilines is 1. The molecule has 0 N–H and O–H groups in total. The van der Waals surface area contributed by atoms with Crippen molar-refractivity contribution in [3.8, 4) is 5.75 Å². The minimum Gasteiger partial charge on any atom is -0.492 e. The Balaban J connectivity index is 1.72. The molecule has 2 heterocycles. The topological polar surface area (TPSA) is 92.7 Å². The maximum atomic E-state index is 13.7. The van der Waals surface area contributed by atoms with Crippen LogP contribution in [-0.2, 0) is 16.6 Å². The lowest BCUT2D eigenvalue weighted by atomic mass is 10.2. The van der Waals surface area contributed by atoms with Crippen molar-refractivity contribution < 1.29 is 17.9 Å². The minimum atomic E-state index is -3.65. The zero-order valence-corrected chi connectivity index (χ0v) is 22.2. The summed E-state index contributed by atoms with van der Waals surface area (Å²) in [6.07, 6.45) is 3.38. The van der Waals surface area contributed by atoms with Crippen LogP contribution in [0, 0.1) is 0 Å². The molecule has 0 fully saturated rings. The second kappa shape index (κ2) is 10.7. The molecule has 2 aromatic heterocycles. The molecular weight excluding hydrogens is 496 g/mol. The van der Waals surface area contributed by atoms with Gasteiger partial charge in [0.25, 0.3) is 5.91 Å². The van der Waals surface area contributed by atoms with E-state index in [0.717, 1.165) is 10.3 Å². The summed E-state index contributed by atoms with van der Waals surface area (Å²) >= 11 is 1.39. The van der Waals surface area contributed by atoms with E-state index in [1.165, 1.54) is 27.8 Å². The Hall–Kier alpha value is -3.34. The molecule has 8 nitrogen and oxygen atoms in total. The van der Waals surface area contributed by atoms with Crippen molar-refractivity contribution in [3.63, 3.8) is 0 Å². The van der Waals surface area contributed by atoms with Crippen LogP contribution in [0.1, 0.15) is 36.7 Å². The summed E-state index contributed by atoms with van der Waals surface area (Å²) < 4.78 is 33.6. The van der Waals surface area contributed by atoms with Gasteiger partial charge in [-0.05, 0) is 68.8 Å². The number of carbonyl (C=O) groups excluding carboxylic acids is 1. The molecule has 2 aromatic carbocycles. The fraction of sp³-hybridized carbons (Fsp3) is 0.269. The van der Waals surface area contributed by atoms with Gasteiger partial charge in [-0.2, -0.15) is 4.31 Å². The van der Waals surface area contributed by atoms with Gasteiger partial charge in [0.05, 0.1) is 22.7 Å². The van der Waals surface area contributed by atoms with Crippen LogP contribution in [0.3, 0.4) is 0 Å². The number of sulfonamides is 1. The van der Waals surface area contributed by atoms with E-state index in [0.29, 0.717) is 28.6 Å². The number of ether oxygens (including phenoxy) is 1. The molecule has 0 aliphatic heterocycles. The van der Waals surface area contributed by atoms with Gasteiger partial charge >= 0.3 is 0 Å². The quantitative estimate of drug-likeness (QED) is 0.307. The number of fused-ring (bicyclic) bond motifs is 1. The normalized spacial score (nSPS) is 11.8. The number of nitrogens with zero attached hydrogens (tertiary/aromatic N) is 4. The summed E-state index contributed by atoms with van der Waals surface area (Å²) in [5, 5.41) is 0.516. The summed E-state index contributed by atoms with van der Waals surface area (Å²) in [4.78, 5) is 24.4. The van der Waals surface area contributed by atoms with Crippen LogP contribution < -0.4 is 9.64 Å². The molecule has 0 bridgehead atoms. The van der Waals surface area contributed by atoms with Crippen molar-refractivity contribution in [2.45, 2.75) is 38.3 Å². The molecule has 0 atom stereocenters. The van der Waals surface area contributed by atoms with Crippen molar-refractivity contribution in [2.24, 2.45) is 0 Å². The highest BCUT2D eigenvalue weighted by atomic mass is 32.2. The van der Waals surface area contributed by atoms with E-state index in [1.807, 2.05) is 37.3 Å². The first kappa shape index (κ1) is 25.7. The Morgan fingerprint density at radius 1 is 1.08 bits per heavy atom. The molecule has 1 amide bonds. The van der Waals surface area contributed by atoms with E-state index in [2.05, 4.69) is 4.98 Å². The van der Waals surface area contributed by atoms with E-state index >= 15 is 0 Å². The average molecular weight is 525 g/mol. The molecule has 0 saturated carbocycles. The van der Waals surface area contributed by atoms with Gasteiger partial charge < -0.3 is 4.74 Å². The number of pyridine rings is 1. The van der Waals surface area contributed by atoms with Gasteiger partial charge in [0.15, 0.2) is 5.13 Å².